The van der Waals surface area contributed by atoms with Crippen LogP contribution in [0.3, 0.4) is 0 Å². The van der Waals surface area contributed by atoms with E-state index >= 15 is 0 Å². The highest BCUT2D eigenvalue weighted by Gasteiger charge is 2.29. The van der Waals surface area contributed by atoms with Gasteiger partial charge in [0.05, 0.1) is 5.69 Å². The number of anilines is 1. The van der Waals surface area contributed by atoms with Crippen LogP contribution in [0.25, 0.3) is 10.8 Å². The number of nitrogens with zero attached hydrogens (tertiary/aromatic N) is 3. The van der Waals surface area contributed by atoms with Crippen LogP contribution >= 0.6 is 11.3 Å². The third-order valence-corrected chi connectivity index (χ3v) is 4.36. The van der Waals surface area contributed by atoms with Crippen molar-refractivity contribution >= 4 is 16.5 Å². The quantitative estimate of drug-likeness (QED) is 0.783. The lowest BCUT2D eigenvalue weighted by Gasteiger charge is -2.04. The molecule has 0 radical (unpaired) electrons. The predicted molar refractivity (Wildman–Crippen MR) is 78.1 cm³/mol. The lowest BCUT2D eigenvalue weighted by molar-refractivity contribution is 0.221. The number of thiazole rings is 1. The summed E-state index contributed by atoms with van der Waals surface area (Å²) in [6.07, 6.45) is 0.546. The highest BCUT2D eigenvalue weighted by atomic mass is 32.1. The Bertz CT molecular complexity index is 786. The van der Waals surface area contributed by atoms with Gasteiger partial charge in [0.2, 0.25) is 5.82 Å². The van der Waals surface area contributed by atoms with E-state index in [0.717, 1.165) is 28.3 Å². The number of aromatic nitrogens is 3. The summed E-state index contributed by atoms with van der Waals surface area (Å²) in [6.45, 7) is 1.87. The van der Waals surface area contributed by atoms with Crippen molar-refractivity contribution in [1.82, 2.24) is 15.1 Å². The smallest absolute Gasteiger partial charge is 0.270 e. The van der Waals surface area contributed by atoms with Crippen molar-refractivity contribution in [3.05, 3.63) is 41.3 Å². The monoisotopic (exact) mass is 300 g/mol. The van der Waals surface area contributed by atoms with Crippen LogP contribution in [-0.4, -0.2) is 15.1 Å². The maximum Gasteiger partial charge on any atom is 0.270 e. The Morgan fingerprint density at radius 1 is 1.29 bits per heavy atom. The number of hydrogen-bond acceptors (Lipinski definition) is 7. The molecule has 2 aromatic heterocycles. The number of fused-ring (bicyclic) bond motifs is 1. The summed E-state index contributed by atoms with van der Waals surface area (Å²) in [7, 11) is 0. The standard InChI is InChI=1S/C14H12N4O2S/c1-7-11(21-14(15)16-7)13-17-12(18-20-13)10-6-8-4-2-3-5-9(8)19-10/h2-5,10H,6H2,1H3,(H2,15,16). The molecule has 3 heterocycles. The summed E-state index contributed by atoms with van der Waals surface area (Å²) in [6, 6.07) is 7.94. The zero-order valence-corrected chi connectivity index (χ0v) is 12.1. The highest BCUT2D eigenvalue weighted by molar-refractivity contribution is 7.18. The zero-order chi connectivity index (χ0) is 14.4. The van der Waals surface area contributed by atoms with E-state index in [2.05, 4.69) is 15.1 Å². The number of nitrogens with two attached hydrogens (primary N) is 1. The first-order valence-corrected chi connectivity index (χ1v) is 7.34. The molecule has 106 valence electrons. The van der Waals surface area contributed by atoms with Gasteiger partial charge in [0.1, 0.15) is 10.6 Å². The molecule has 0 aliphatic carbocycles. The van der Waals surface area contributed by atoms with E-state index in [1.54, 1.807) is 0 Å². The normalized spacial score (nSPS) is 16.7. The van der Waals surface area contributed by atoms with Gasteiger partial charge in [0, 0.05) is 6.42 Å². The van der Waals surface area contributed by atoms with Crippen molar-refractivity contribution in [2.45, 2.75) is 19.4 Å². The molecule has 6 nitrogen and oxygen atoms in total. The van der Waals surface area contributed by atoms with Gasteiger partial charge in [-0.15, -0.1) is 0 Å². The average Bonchev–Trinajstić information content (AvgIpc) is 3.15. The predicted octanol–water partition coefficient (Wildman–Crippen LogP) is 2.76. The van der Waals surface area contributed by atoms with E-state index in [1.165, 1.54) is 11.3 Å². The molecule has 0 fully saturated rings. The van der Waals surface area contributed by atoms with Crippen LogP contribution in [0.5, 0.6) is 5.75 Å². The molecule has 2 N–H and O–H groups in total. The van der Waals surface area contributed by atoms with Gasteiger partial charge in [-0.1, -0.05) is 34.7 Å². The number of para-hydroxylation sites is 1. The fourth-order valence-corrected chi connectivity index (χ4v) is 3.15. The molecule has 4 rings (SSSR count). The third kappa shape index (κ3) is 2.06. The van der Waals surface area contributed by atoms with Crippen molar-refractivity contribution in [2.24, 2.45) is 0 Å². The van der Waals surface area contributed by atoms with E-state index < -0.39 is 0 Å². The van der Waals surface area contributed by atoms with Gasteiger partial charge < -0.3 is 15.0 Å². The van der Waals surface area contributed by atoms with E-state index in [1.807, 2.05) is 31.2 Å². The van der Waals surface area contributed by atoms with Crippen molar-refractivity contribution in [3.63, 3.8) is 0 Å². The van der Waals surface area contributed by atoms with Gasteiger partial charge in [-0.2, -0.15) is 4.98 Å². The third-order valence-electron chi connectivity index (χ3n) is 3.38. The first-order valence-electron chi connectivity index (χ1n) is 6.52. The Morgan fingerprint density at radius 2 is 2.14 bits per heavy atom. The maximum atomic E-state index is 5.86. The second-order valence-corrected chi connectivity index (χ2v) is 5.87. The lowest BCUT2D eigenvalue weighted by Crippen LogP contribution is -2.05. The molecule has 0 bridgehead atoms. The fraction of sp³-hybridized carbons (Fsp3) is 0.214. The second kappa shape index (κ2) is 4.56. The molecule has 3 aromatic rings. The molecule has 21 heavy (non-hydrogen) atoms. The number of benzene rings is 1. The zero-order valence-electron chi connectivity index (χ0n) is 11.2. The first kappa shape index (κ1) is 12.3. The second-order valence-electron chi connectivity index (χ2n) is 4.84. The van der Waals surface area contributed by atoms with Crippen molar-refractivity contribution in [3.8, 4) is 16.5 Å². The summed E-state index contributed by atoms with van der Waals surface area (Å²) in [5.74, 6) is 1.87. The first-order chi connectivity index (χ1) is 10.2. The van der Waals surface area contributed by atoms with Gasteiger partial charge in [-0.3, -0.25) is 0 Å². The van der Waals surface area contributed by atoms with E-state index in [-0.39, 0.29) is 6.10 Å². The van der Waals surface area contributed by atoms with Crippen molar-refractivity contribution in [2.75, 3.05) is 5.73 Å². The van der Waals surface area contributed by atoms with Crippen LogP contribution in [0.1, 0.15) is 23.2 Å². The Kier molecular flexibility index (Phi) is 2.68. The van der Waals surface area contributed by atoms with E-state index in [4.69, 9.17) is 15.0 Å². The molecule has 7 heteroatoms. The molecule has 1 aliphatic rings. The van der Waals surface area contributed by atoms with E-state index in [0.29, 0.717) is 16.8 Å². The summed E-state index contributed by atoms with van der Waals surface area (Å²) in [5, 5.41) is 4.53. The SMILES string of the molecule is Cc1nc(N)sc1-c1nc(C2Cc3ccccc3O2)no1. The molecular weight excluding hydrogens is 288 g/mol. The molecule has 0 amide bonds. The minimum absolute atomic E-state index is 0.203. The van der Waals surface area contributed by atoms with Crippen LogP contribution in [0, 0.1) is 6.92 Å². The van der Waals surface area contributed by atoms with Crippen LogP contribution in [-0.2, 0) is 6.42 Å². The minimum atomic E-state index is -0.203. The molecule has 1 unspecified atom stereocenters. The van der Waals surface area contributed by atoms with Crippen LogP contribution in [0.4, 0.5) is 5.13 Å². The number of hydrogen-bond donors (Lipinski definition) is 1. The Labute approximate surface area is 124 Å². The number of nitrogen functional groups attached to an aromatic ring is 1. The molecule has 1 aliphatic heterocycles. The Balaban J connectivity index is 1.63. The minimum Gasteiger partial charge on any atom is -0.482 e. The van der Waals surface area contributed by atoms with E-state index in [9.17, 15) is 0 Å². The van der Waals surface area contributed by atoms with Crippen molar-refractivity contribution < 1.29 is 9.26 Å². The van der Waals surface area contributed by atoms with Crippen LogP contribution in [0.15, 0.2) is 28.8 Å². The van der Waals surface area contributed by atoms with Gasteiger partial charge in [0.25, 0.3) is 5.89 Å². The van der Waals surface area contributed by atoms with Crippen LogP contribution in [0.2, 0.25) is 0 Å². The molecular formula is C14H12N4O2S. The fourth-order valence-electron chi connectivity index (χ4n) is 2.40. The highest BCUT2D eigenvalue weighted by Crippen LogP contribution is 2.36. The number of aryl methyl sites for hydroxylation is 1. The van der Waals surface area contributed by atoms with Crippen LogP contribution < -0.4 is 10.5 Å². The van der Waals surface area contributed by atoms with Gasteiger partial charge in [0.15, 0.2) is 11.2 Å². The van der Waals surface area contributed by atoms with Gasteiger partial charge >= 0.3 is 0 Å². The molecule has 0 saturated carbocycles. The molecule has 0 spiro atoms. The number of ether oxygens (including phenoxy) is 1. The summed E-state index contributed by atoms with van der Waals surface area (Å²) in [5.41, 5.74) is 7.65. The largest absolute Gasteiger partial charge is 0.482 e. The maximum absolute atomic E-state index is 5.86. The molecule has 0 saturated heterocycles. The summed E-state index contributed by atoms with van der Waals surface area (Å²) >= 11 is 1.34. The summed E-state index contributed by atoms with van der Waals surface area (Å²) < 4.78 is 11.2. The lowest BCUT2D eigenvalue weighted by atomic mass is 10.1. The topological polar surface area (TPSA) is 87.1 Å². The summed E-state index contributed by atoms with van der Waals surface area (Å²) in [4.78, 5) is 9.40. The Morgan fingerprint density at radius 3 is 2.90 bits per heavy atom. The van der Waals surface area contributed by atoms with Gasteiger partial charge in [-0.05, 0) is 18.6 Å². The molecule has 1 atom stereocenters. The number of rotatable bonds is 2. The average molecular weight is 300 g/mol. The van der Waals surface area contributed by atoms with Crippen molar-refractivity contribution in [1.29, 1.82) is 0 Å². The van der Waals surface area contributed by atoms with Gasteiger partial charge in [-0.25, -0.2) is 4.98 Å². The Hall–Kier alpha value is -2.41. The molecule has 1 aromatic carbocycles.